The lowest BCUT2D eigenvalue weighted by atomic mass is 10.2. The molecule has 0 rings (SSSR count). The Balaban J connectivity index is 4.57. The van der Waals surface area contributed by atoms with Crippen molar-refractivity contribution in [1.82, 2.24) is 0 Å². The van der Waals surface area contributed by atoms with Crippen LogP contribution in [-0.4, -0.2) is 0 Å². The van der Waals surface area contributed by atoms with Crippen molar-refractivity contribution >= 4 is 11.8 Å². The summed E-state index contributed by atoms with van der Waals surface area (Å²) in [5.74, 6) is 0. The number of thioether (sulfide) groups is 1. The van der Waals surface area contributed by atoms with E-state index in [4.69, 9.17) is 0 Å². The van der Waals surface area contributed by atoms with Gasteiger partial charge in [0.05, 0.1) is 0 Å². The van der Waals surface area contributed by atoms with Gasteiger partial charge < -0.3 is 0 Å². The minimum Gasteiger partial charge on any atom is -0.0991 e. The fourth-order valence-corrected chi connectivity index (χ4v) is 1.33. The zero-order valence-electron chi connectivity index (χ0n) is 8.57. The van der Waals surface area contributed by atoms with Crippen LogP contribution in [0.4, 0.5) is 0 Å². The second-order valence-corrected chi connectivity index (χ2v) is 3.46. The monoisotopic (exact) mass is 204 g/mol. The second kappa shape index (κ2) is 8.39. The predicted octanol–water partition coefficient (Wildman–Crippen LogP) is 4.62. The van der Waals surface area contributed by atoms with E-state index < -0.39 is 0 Å². The molecule has 0 atom stereocenters. The summed E-state index contributed by atoms with van der Waals surface area (Å²) >= 11 is 1.60. The normalized spacial score (nSPS) is 12.2. The van der Waals surface area contributed by atoms with Gasteiger partial charge in [0.25, 0.3) is 0 Å². The van der Waals surface area contributed by atoms with Crippen LogP contribution in [0.5, 0.6) is 0 Å². The highest BCUT2D eigenvalue weighted by molar-refractivity contribution is 8.06. The number of rotatable bonds is 6. The summed E-state index contributed by atoms with van der Waals surface area (Å²) in [6.07, 6.45) is 11.3. The van der Waals surface area contributed by atoms with Gasteiger partial charge in [0.1, 0.15) is 0 Å². The largest absolute Gasteiger partial charge is 0.0991 e. The van der Waals surface area contributed by atoms with E-state index in [9.17, 15) is 0 Å². The lowest BCUT2D eigenvalue weighted by molar-refractivity contribution is 1.67. The molecule has 0 saturated carbocycles. The lowest BCUT2D eigenvalue weighted by Gasteiger charge is -2.01. The minimum atomic E-state index is 1.00. The average molecular weight is 204 g/mol. The Labute approximate surface area is 91.1 Å². The third kappa shape index (κ3) is 5.44. The van der Waals surface area contributed by atoms with Gasteiger partial charge in [-0.3, -0.25) is 0 Å². The molecule has 0 spiro atoms. The van der Waals surface area contributed by atoms with E-state index in [1.54, 1.807) is 23.9 Å². The minimum absolute atomic E-state index is 1.00. The summed E-state index contributed by atoms with van der Waals surface area (Å²) in [6, 6.07) is 0. The van der Waals surface area contributed by atoms with Crippen LogP contribution in [0.15, 0.2) is 72.1 Å². The molecular weight excluding hydrogens is 188 g/mol. The molecule has 74 valence electrons. The fraction of sp³-hybridized carbons (Fsp3) is 0.0769. The Hall–Kier alpha value is -1.21. The first kappa shape index (κ1) is 12.8. The summed E-state index contributed by atoms with van der Waals surface area (Å²) in [5.41, 5.74) is 1.06. The summed E-state index contributed by atoms with van der Waals surface area (Å²) < 4.78 is 0. The van der Waals surface area contributed by atoms with E-state index in [0.717, 1.165) is 10.5 Å². The van der Waals surface area contributed by atoms with Crippen LogP contribution in [0.25, 0.3) is 0 Å². The Kier molecular flexibility index (Phi) is 7.67. The zero-order chi connectivity index (χ0) is 10.8. The van der Waals surface area contributed by atoms with Crippen LogP contribution in [0.3, 0.4) is 0 Å². The lowest BCUT2D eigenvalue weighted by Crippen LogP contribution is -1.77. The van der Waals surface area contributed by atoms with Crippen molar-refractivity contribution in [2.75, 3.05) is 0 Å². The van der Waals surface area contributed by atoms with Gasteiger partial charge in [-0.2, -0.15) is 0 Å². The third-order valence-electron chi connectivity index (χ3n) is 1.38. The summed E-state index contributed by atoms with van der Waals surface area (Å²) in [6.45, 7) is 13.2. The third-order valence-corrected chi connectivity index (χ3v) is 2.31. The standard InChI is InChI=1S/C13H16S/c1-5-8-10-13(9-6-2)12(4)14-11-7-3/h5-11H,1-2,4H2,3H3/b10-8-,11-7-,13-9+. The molecule has 0 aliphatic rings. The Morgan fingerprint density at radius 3 is 2.43 bits per heavy atom. The van der Waals surface area contributed by atoms with Crippen molar-refractivity contribution in [2.24, 2.45) is 0 Å². The summed E-state index contributed by atoms with van der Waals surface area (Å²) in [5, 5.41) is 2.00. The molecule has 0 aliphatic heterocycles. The van der Waals surface area contributed by atoms with E-state index in [0.29, 0.717) is 0 Å². The van der Waals surface area contributed by atoms with Gasteiger partial charge in [0.2, 0.25) is 0 Å². The van der Waals surface area contributed by atoms with E-state index in [1.165, 1.54) is 0 Å². The van der Waals surface area contributed by atoms with Crippen molar-refractivity contribution in [2.45, 2.75) is 6.92 Å². The maximum atomic E-state index is 3.97. The molecule has 0 bridgehead atoms. The predicted molar refractivity (Wildman–Crippen MR) is 69.2 cm³/mol. The van der Waals surface area contributed by atoms with Crippen LogP contribution in [0.1, 0.15) is 6.92 Å². The average Bonchev–Trinajstić information content (AvgIpc) is 2.20. The van der Waals surface area contributed by atoms with Crippen LogP contribution in [0.2, 0.25) is 0 Å². The van der Waals surface area contributed by atoms with E-state index in [1.807, 2.05) is 36.6 Å². The van der Waals surface area contributed by atoms with Crippen LogP contribution < -0.4 is 0 Å². The SMILES string of the molecule is C=C/C=C\C(=C/C=C)C(=C)S/C=C\C. The van der Waals surface area contributed by atoms with Gasteiger partial charge >= 0.3 is 0 Å². The fourth-order valence-electron chi connectivity index (χ4n) is 0.758. The molecule has 0 amide bonds. The second-order valence-electron chi connectivity index (χ2n) is 2.46. The Morgan fingerprint density at radius 1 is 1.21 bits per heavy atom. The van der Waals surface area contributed by atoms with E-state index >= 15 is 0 Å². The molecule has 0 nitrogen and oxygen atoms in total. The molecule has 14 heavy (non-hydrogen) atoms. The summed E-state index contributed by atoms with van der Waals surface area (Å²) in [7, 11) is 0. The Morgan fingerprint density at radius 2 is 1.93 bits per heavy atom. The molecule has 0 aromatic heterocycles. The molecule has 0 N–H and O–H groups in total. The Bertz CT molecular complexity index is 290. The highest BCUT2D eigenvalue weighted by Crippen LogP contribution is 2.24. The first-order chi connectivity index (χ1) is 6.76. The maximum absolute atomic E-state index is 3.97. The first-order valence-corrected chi connectivity index (χ1v) is 5.23. The number of hydrogen-bond acceptors (Lipinski definition) is 1. The van der Waals surface area contributed by atoms with Crippen LogP contribution in [-0.2, 0) is 0 Å². The van der Waals surface area contributed by atoms with Crippen molar-refractivity contribution in [3.8, 4) is 0 Å². The molecule has 0 radical (unpaired) electrons. The van der Waals surface area contributed by atoms with Gasteiger partial charge in [-0.25, -0.2) is 0 Å². The molecule has 1 heteroatoms. The molecule has 0 saturated heterocycles. The van der Waals surface area contributed by atoms with Gasteiger partial charge in [-0.05, 0) is 17.9 Å². The molecule has 0 aliphatic carbocycles. The first-order valence-electron chi connectivity index (χ1n) is 4.35. The molecule has 0 fully saturated rings. The van der Waals surface area contributed by atoms with Crippen LogP contribution >= 0.6 is 11.8 Å². The smallest absolute Gasteiger partial charge is 0.0116 e. The molecule has 0 aromatic carbocycles. The highest BCUT2D eigenvalue weighted by Gasteiger charge is 1.95. The number of hydrogen-bond donors (Lipinski definition) is 0. The van der Waals surface area contributed by atoms with Gasteiger partial charge in [0.15, 0.2) is 0 Å². The van der Waals surface area contributed by atoms with Gasteiger partial charge in [-0.1, -0.05) is 68.0 Å². The van der Waals surface area contributed by atoms with Crippen molar-refractivity contribution in [1.29, 1.82) is 0 Å². The van der Waals surface area contributed by atoms with Gasteiger partial charge in [-0.15, -0.1) is 0 Å². The number of allylic oxidation sites excluding steroid dienone is 7. The summed E-state index contributed by atoms with van der Waals surface area (Å²) in [4.78, 5) is 1.00. The zero-order valence-corrected chi connectivity index (χ0v) is 9.39. The van der Waals surface area contributed by atoms with E-state index in [2.05, 4.69) is 19.7 Å². The molecular formula is C13H16S. The molecule has 0 heterocycles. The topological polar surface area (TPSA) is 0 Å². The van der Waals surface area contributed by atoms with Crippen LogP contribution in [0, 0.1) is 0 Å². The maximum Gasteiger partial charge on any atom is 0.0116 e. The quantitative estimate of drug-likeness (QED) is 0.569. The van der Waals surface area contributed by atoms with Gasteiger partial charge in [0, 0.05) is 4.91 Å². The molecule has 0 unspecified atom stereocenters. The highest BCUT2D eigenvalue weighted by atomic mass is 32.2. The van der Waals surface area contributed by atoms with Crippen molar-refractivity contribution in [3.63, 3.8) is 0 Å². The van der Waals surface area contributed by atoms with Crippen molar-refractivity contribution in [3.05, 3.63) is 72.1 Å². The van der Waals surface area contributed by atoms with Crippen molar-refractivity contribution < 1.29 is 0 Å². The van der Waals surface area contributed by atoms with E-state index in [-0.39, 0.29) is 0 Å². The molecule has 0 aromatic rings.